The summed E-state index contributed by atoms with van der Waals surface area (Å²) in [6.45, 7) is 5.28. The van der Waals surface area contributed by atoms with Gasteiger partial charge in [-0.15, -0.1) is 11.8 Å². The lowest BCUT2D eigenvalue weighted by molar-refractivity contribution is -0.136. The Balaban J connectivity index is 2.17. The molecule has 1 aliphatic carbocycles. The summed E-state index contributed by atoms with van der Waals surface area (Å²) in [4.78, 5) is 26.6. The Hall–Kier alpha value is -1.49. The van der Waals surface area contributed by atoms with Gasteiger partial charge < -0.3 is 10.0 Å². The fourth-order valence-electron chi connectivity index (χ4n) is 2.32. The predicted molar refractivity (Wildman–Crippen MR) is 88.3 cm³/mol. The van der Waals surface area contributed by atoms with Crippen molar-refractivity contribution < 1.29 is 14.7 Å². The lowest BCUT2D eigenvalue weighted by Gasteiger charge is -2.23. The summed E-state index contributed by atoms with van der Waals surface area (Å²) in [6.07, 6.45) is 3.35. The van der Waals surface area contributed by atoms with Crippen LogP contribution in [0, 0.1) is 5.92 Å². The molecular weight excluding hydrogens is 298 g/mol. The quantitative estimate of drug-likeness (QED) is 0.744. The standard InChI is InChI=1S/C17H23NO3S/c1-3-10-18(11-13-8-9-13)16(19)14-6-4-5-7-15(14)22-12(2)17(20)21/h4-7,12-13H,3,8-11H2,1-2H3,(H,20,21). The number of carboxylic acid groups (broad SMARTS) is 1. The highest BCUT2D eigenvalue weighted by molar-refractivity contribution is 8.00. The van der Waals surface area contributed by atoms with Crippen LogP contribution in [0.3, 0.4) is 0 Å². The number of thioether (sulfide) groups is 1. The van der Waals surface area contributed by atoms with E-state index >= 15 is 0 Å². The Labute approximate surface area is 135 Å². The summed E-state index contributed by atoms with van der Waals surface area (Å²) in [6, 6.07) is 7.32. The molecule has 0 bridgehead atoms. The predicted octanol–water partition coefficient (Wildman–Crippen LogP) is 3.51. The van der Waals surface area contributed by atoms with E-state index in [-0.39, 0.29) is 5.91 Å². The van der Waals surface area contributed by atoms with E-state index in [1.807, 2.05) is 23.1 Å². The summed E-state index contributed by atoms with van der Waals surface area (Å²) in [5.74, 6) is -0.196. The minimum Gasteiger partial charge on any atom is -0.480 e. The number of amides is 1. The molecule has 1 saturated carbocycles. The third-order valence-corrected chi connectivity index (χ3v) is 4.89. The van der Waals surface area contributed by atoms with Crippen molar-refractivity contribution in [1.29, 1.82) is 0 Å². The Bertz CT molecular complexity index is 542. The summed E-state index contributed by atoms with van der Waals surface area (Å²) < 4.78 is 0. The van der Waals surface area contributed by atoms with Crippen LogP contribution in [-0.4, -0.2) is 40.2 Å². The molecule has 0 spiro atoms. The van der Waals surface area contributed by atoms with Gasteiger partial charge in [-0.1, -0.05) is 19.1 Å². The number of benzene rings is 1. The van der Waals surface area contributed by atoms with Crippen LogP contribution in [0.25, 0.3) is 0 Å². The molecule has 1 aromatic carbocycles. The number of aliphatic carboxylic acids is 1. The Morgan fingerprint density at radius 3 is 2.64 bits per heavy atom. The van der Waals surface area contributed by atoms with Gasteiger partial charge in [-0.05, 0) is 44.2 Å². The number of hydrogen-bond acceptors (Lipinski definition) is 3. The molecule has 22 heavy (non-hydrogen) atoms. The maximum absolute atomic E-state index is 12.8. The van der Waals surface area contributed by atoms with Crippen LogP contribution in [0.1, 0.15) is 43.5 Å². The van der Waals surface area contributed by atoms with Crippen LogP contribution in [0.4, 0.5) is 0 Å². The SMILES string of the molecule is CCCN(CC1CC1)C(=O)c1ccccc1SC(C)C(=O)O. The van der Waals surface area contributed by atoms with Gasteiger partial charge in [0.1, 0.15) is 5.25 Å². The van der Waals surface area contributed by atoms with Crippen LogP contribution in [0.15, 0.2) is 29.2 Å². The van der Waals surface area contributed by atoms with Crippen molar-refractivity contribution in [2.24, 2.45) is 5.92 Å². The first-order chi connectivity index (χ1) is 10.5. The molecule has 0 aromatic heterocycles. The lowest BCUT2D eigenvalue weighted by atomic mass is 10.2. The van der Waals surface area contributed by atoms with Crippen LogP contribution < -0.4 is 0 Å². The van der Waals surface area contributed by atoms with Crippen LogP contribution in [0.2, 0.25) is 0 Å². The van der Waals surface area contributed by atoms with Crippen LogP contribution >= 0.6 is 11.8 Å². The van der Waals surface area contributed by atoms with E-state index in [0.717, 1.165) is 24.4 Å². The maximum Gasteiger partial charge on any atom is 0.316 e. The Morgan fingerprint density at radius 1 is 1.36 bits per heavy atom. The van der Waals surface area contributed by atoms with E-state index in [4.69, 9.17) is 5.11 Å². The minimum atomic E-state index is -0.865. The first-order valence-corrected chi connectivity index (χ1v) is 8.68. The highest BCUT2D eigenvalue weighted by Gasteiger charge is 2.28. The van der Waals surface area contributed by atoms with E-state index in [9.17, 15) is 9.59 Å². The van der Waals surface area contributed by atoms with E-state index in [1.54, 1.807) is 13.0 Å². The number of rotatable bonds is 8. The van der Waals surface area contributed by atoms with Crippen molar-refractivity contribution in [1.82, 2.24) is 4.90 Å². The van der Waals surface area contributed by atoms with Crippen molar-refractivity contribution in [3.05, 3.63) is 29.8 Å². The molecule has 1 aromatic rings. The van der Waals surface area contributed by atoms with Gasteiger partial charge in [0.2, 0.25) is 0 Å². The van der Waals surface area contributed by atoms with Crippen molar-refractivity contribution in [3.63, 3.8) is 0 Å². The average Bonchev–Trinajstić information content (AvgIpc) is 3.30. The first-order valence-electron chi connectivity index (χ1n) is 7.80. The summed E-state index contributed by atoms with van der Waals surface area (Å²) in [7, 11) is 0. The van der Waals surface area contributed by atoms with Gasteiger partial charge in [0.25, 0.3) is 5.91 Å². The van der Waals surface area contributed by atoms with Crippen molar-refractivity contribution in [3.8, 4) is 0 Å². The second-order valence-corrected chi connectivity index (χ2v) is 7.17. The number of carbonyl (C=O) groups excluding carboxylic acids is 1. The zero-order valence-corrected chi connectivity index (χ0v) is 13.9. The maximum atomic E-state index is 12.8. The lowest BCUT2D eigenvalue weighted by Crippen LogP contribution is -2.34. The Morgan fingerprint density at radius 2 is 2.05 bits per heavy atom. The molecule has 1 atom stereocenters. The van der Waals surface area contributed by atoms with Crippen molar-refractivity contribution in [2.45, 2.75) is 43.3 Å². The van der Waals surface area contributed by atoms with Gasteiger partial charge in [0.15, 0.2) is 0 Å². The molecule has 1 fully saturated rings. The van der Waals surface area contributed by atoms with Gasteiger partial charge >= 0.3 is 5.97 Å². The first kappa shape index (κ1) is 16.9. The van der Waals surface area contributed by atoms with Gasteiger partial charge in [-0.25, -0.2) is 0 Å². The number of carboxylic acids is 1. The number of hydrogen-bond donors (Lipinski definition) is 1. The molecule has 0 heterocycles. The summed E-state index contributed by atoms with van der Waals surface area (Å²) in [5, 5.41) is 8.51. The minimum absolute atomic E-state index is 0.0226. The molecule has 1 amide bonds. The molecule has 120 valence electrons. The Kier molecular flexibility index (Phi) is 5.89. The summed E-state index contributed by atoms with van der Waals surface area (Å²) >= 11 is 1.23. The van der Waals surface area contributed by atoms with E-state index in [1.165, 1.54) is 24.6 Å². The molecule has 0 aliphatic heterocycles. The second kappa shape index (κ2) is 7.68. The second-order valence-electron chi connectivity index (χ2n) is 5.79. The smallest absolute Gasteiger partial charge is 0.316 e. The normalized spacial score (nSPS) is 15.4. The molecular formula is C17H23NO3S. The fraction of sp³-hybridized carbons (Fsp3) is 0.529. The molecule has 1 aliphatic rings. The van der Waals surface area contributed by atoms with Gasteiger partial charge in [0.05, 0.1) is 5.56 Å². The third kappa shape index (κ3) is 4.50. The number of nitrogens with zero attached hydrogens (tertiary/aromatic N) is 1. The van der Waals surface area contributed by atoms with Crippen molar-refractivity contribution in [2.75, 3.05) is 13.1 Å². The molecule has 5 heteroatoms. The highest BCUT2D eigenvalue weighted by Crippen LogP contribution is 2.32. The van der Waals surface area contributed by atoms with E-state index < -0.39 is 11.2 Å². The van der Waals surface area contributed by atoms with Gasteiger partial charge in [0, 0.05) is 18.0 Å². The zero-order valence-electron chi connectivity index (χ0n) is 13.1. The molecule has 0 saturated heterocycles. The number of carbonyl (C=O) groups is 2. The topological polar surface area (TPSA) is 57.6 Å². The molecule has 1 unspecified atom stereocenters. The fourth-order valence-corrected chi connectivity index (χ4v) is 3.24. The highest BCUT2D eigenvalue weighted by atomic mass is 32.2. The molecule has 1 N–H and O–H groups in total. The third-order valence-electron chi connectivity index (χ3n) is 3.73. The molecule has 0 radical (unpaired) electrons. The monoisotopic (exact) mass is 321 g/mol. The van der Waals surface area contributed by atoms with Crippen molar-refractivity contribution >= 4 is 23.6 Å². The zero-order chi connectivity index (χ0) is 16.1. The molecule has 2 rings (SSSR count). The average molecular weight is 321 g/mol. The van der Waals surface area contributed by atoms with E-state index in [2.05, 4.69) is 6.92 Å². The largest absolute Gasteiger partial charge is 0.480 e. The van der Waals surface area contributed by atoms with Gasteiger partial charge in [-0.2, -0.15) is 0 Å². The molecule has 4 nitrogen and oxygen atoms in total. The van der Waals surface area contributed by atoms with Gasteiger partial charge in [-0.3, -0.25) is 9.59 Å². The van der Waals surface area contributed by atoms with Crippen LogP contribution in [-0.2, 0) is 4.79 Å². The van der Waals surface area contributed by atoms with E-state index in [0.29, 0.717) is 11.5 Å². The summed E-state index contributed by atoms with van der Waals surface area (Å²) in [5.41, 5.74) is 0.620. The van der Waals surface area contributed by atoms with Crippen LogP contribution in [0.5, 0.6) is 0 Å².